The fraction of sp³-hybridized carbons (Fsp3) is 0.167. The molecule has 0 radical (unpaired) electrons. The standard InChI is InChI=1S/C18H13ClFN3O3S/c19-13-3-1-2-10(16(13)20)4-5-15(24)22-17-12(8-21)11-6-7-23(18(25)26)9-14(11)27-17/h1-5H,6-7,9H2,(H,22,24)(H,25,26). The van der Waals surface area contributed by atoms with Gasteiger partial charge in [0.15, 0.2) is 0 Å². The Bertz CT molecular complexity index is 996. The number of nitrogens with one attached hydrogen (secondary N) is 1. The van der Waals surface area contributed by atoms with Crippen LogP contribution in [0, 0.1) is 17.1 Å². The van der Waals surface area contributed by atoms with Gasteiger partial charge in [-0.1, -0.05) is 23.7 Å². The van der Waals surface area contributed by atoms with Crippen LogP contribution >= 0.6 is 22.9 Å². The number of carbonyl (C=O) groups is 2. The molecule has 2 N–H and O–H groups in total. The number of amides is 2. The molecule has 0 bridgehead atoms. The van der Waals surface area contributed by atoms with Crippen molar-refractivity contribution in [1.82, 2.24) is 4.90 Å². The molecule has 1 aromatic heterocycles. The molecule has 9 heteroatoms. The zero-order valence-electron chi connectivity index (χ0n) is 13.8. The molecule has 2 aromatic rings. The first kappa shape index (κ1) is 18.9. The Hall–Kier alpha value is -2.89. The summed E-state index contributed by atoms with van der Waals surface area (Å²) in [5.74, 6) is -1.15. The number of nitrogens with zero attached hydrogens (tertiary/aromatic N) is 2. The fourth-order valence-electron chi connectivity index (χ4n) is 2.74. The normalized spacial score (nSPS) is 13.3. The van der Waals surface area contributed by atoms with Crippen molar-refractivity contribution in [1.29, 1.82) is 5.26 Å². The topological polar surface area (TPSA) is 93.4 Å². The highest BCUT2D eigenvalue weighted by atomic mass is 35.5. The van der Waals surface area contributed by atoms with Crippen molar-refractivity contribution < 1.29 is 19.1 Å². The lowest BCUT2D eigenvalue weighted by Crippen LogP contribution is -2.34. The highest BCUT2D eigenvalue weighted by Gasteiger charge is 2.27. The van der Waals surface area contributed by atoms with Gasteiger partial charge in [-0.25, -0.2) is 9.18 Å². The smallest absolute Gasteiger partial charge is 0.407 e. The fourth-order valence-corrected chi connectivity index (χ4v) is 4.14. The van der Waals surface area contributed by atoms with Crippen molar-refractivity contribution in [2.75, 3.05) is 11.9 Å². The Morgan fingerprint density at radius 2 is 2.22 bits per heavy atom. The summed E-state index contributed by atoms with van der Waals surface area (Å²) < 4.78 is 13.8. The molecule has 2 heterocycles. The number of carbonyl (C=O) groups excluding carboxylic acids is 1. The first-order valence-corrected chi connectivity index (χ1v) is 9.05. The van der Waals surface area contributed by atoms with Gasteiger partial charge in [0.2, 0.25) is 5.91 Å². The van der Waals surface area contributed by atoms with Crippen molar-refractivity contribution in [3.63, 3.8) is 0 Å². The van der Waals surface area contributed by atoms with Crippen molar-refractivity contribution in [3.05, 3.63) is 56.7 Å². The summed E-state index contributed by atoms with van der Waals surface area (Å²) in [6, 6.07) is 6.53. The average Bonchev–Trinajstić information content (AvgIpc) is 2.98. The average molecular weight is 406 g/mol. The molecule has 6 nitrogen and oxygen atoms in total. The second-order valence-electron chi connectivity index (χ2n) is 5.74. The first-order chi connectivity index (χ1) is 12.9. The summed E-state index contributed by atoms with van der Waals surface area (Å²) in [5.41, 5.74) is 1.27. The molecule has 0 spiro atoms. The monoisotopic (exact) mass is 405 g/mol. The third-order valence-electron chi connectivity index (χ3n) is 4.07. The SMILES string of the molecule is N#Cc1c(NC(=O)C=Cc2cccc(Cl)c2F)sc2c1CCN(C(=O)O)C2. The predicted octanol–water partition coefficient (Wildman–Crippen LogP) is 4.10. The molecular weight excluding hydrogens is 393 g/mol. The molecule has 2 amide bonds. The Balaban J connectivity index is 1.79. The lowest BCUT2D eigenvalue weighted by Gasteiger charge is -2.23. The maximum Gasteiger partial charge on any atom is 0.407 e. The molecule has 1 aromatic carbocycles. The molecule has 1 aliphatic heterocycles. The van der Waals surface area contributed by atoms with Crippen molar-refractivity contribution in [2.45, 2.75) is 13.0 Å². The molecule has 3 rings (SSSR count). The maximum atomic E-state index is 13.8. The number of hydrogen-bond acceptors (Lipinski definition) is 4. The van der Waals surface area contributed by atoms with Gasteiger partial charge in [-0.15, -0.1) is 11.3 Å². The van der Waals surface area contributed by atoms with Gasteiger partial charge in [0.05, 0.1) is 17.1 Å². The van der Waals surface area contributed by atoms with Crippen molar-refractivity contribution >= 4 is 46.0 Å². The molecular formula is C18H13ClFN3O3S. The second kappa shape index (κ2) is 7.78. The van der Waals surface area contributed by atoms with Crippen LogP contribution in [0.15, 0.2) is 24.3 Å². The molecule has 138 valence electrons. The van der Waals surface area contributed by atoms with Gasteiger partial charge < -0.3 is 15.3 Å². The largest absolute Gasteiger partial charge is 0.465 e. The quantitative estimate of drug-likeness (QED) is 0.752. The Labute approximate surface area is 163 Å². The van der Waals surface area contributed by atoms with Crippen molar-refractivity contribution in [3.8, 4) is 6.07 Å². The van der Waals surface area contributed by atoms with Crippen LogP contribution in [-0.2, 0) is 17.8 Å². The van der Waals surface area contributed by atoms with Crippen molar-refractivity contribution in [2.24, 2.45) is 0 Å². The minimum Gasteiger partial charge on any atom is -0.465 e. The first-order valence-electron chi connectivity index (χ1n) is 7.86. The number of rotatable bonds is 3. The number of halogens is 2. The van der Waals surface area contributed by atoms with E-state index in [9.17, 15) is 19.2 Å². The van der Waals surface area contributed by atoms with Gasteiger partial charge in [-0.2, -0.15) is 5.26 Å². The second-order valence-corrected chi connectivity index (χ2v) is 7.25. The lowest BCUT2D eigenvalue weighted by molar-refractivity contribution is -0.111. The number of nitriles is 1. The van der Waals surface area contributed by atoms with Crippen LogP contribution in [0.4, 0.5) is 14.2 Å². The van der Waals surface area contributed by atoms with Crippen LogP contribution in [0.1, 0.15) is 21.6 Å². The van der Waals surface area contributed by atoms with E-state index in [0.717, 1.165) is 16.5 Å². The summed E-state index contributed by atoms with van der Waals surface area (Å²) in [4.78, 5) is 25.3. The van der Waals surface area contributed by atoms with E-state index in [1.165, 1.54) is 34.4 Å². The van der Waals surface area contributed by atoms with Crippen LogP contribution in [0.5, 0.6) is 0 Å². The Kier molecular flexibility index (Phi) is 5.44. The summed E-state index contributed by atoms with van der Waals surface area (Å²) in [6.45, 7) is 0.485. The Morgan fingerprint density at radius 1 is 1.44 bits per heavy atom. The number of hydrogen-bond donors (Lipinski definition) is 2. The maximum absolute atomic E-state index is 13.8. The molecule has 27 heavy (non-hydrogen) atoms. The molecule has 0 saturated heterocycles. The minimum absolute atomic E-state index is 0.0433. The number of benzene rings is 1. The van der Waals surface area contributed by atoms with Crippen LogP contribution in [-0.4, -0.2) is 28.6 Å². The van der Waals surface area contributed by atoms with Crippen LogP contribution in [0.25, 0.3) is 6.08 Å². The molecule has 0 saturated carbocycles. The third kappa shape index (κ3) is 3.94. The van der Waals surface area contributed by atoms with Gasteiger partial charge in [0.1, 0.15) is 16.9 Å². The van der Waals surface area contributed by atoms with E-state index < -0.39 is 17.8 Å². The zero-order chi connectivity index (χ0) is 19.6. The molecule has 0 fully saturated rings. The molecule has 1 aliphatic rings. The van der Waals surface area contributed by atoms with Gasteiger partial charge in [0.25, 0.3) is 0 Å². The lowest BCUT2D eigenvalue weighted by atomic mass is 10.0. The summed E-state index contributed by atoms with van der Waals surface area (Å²) in [7, 11) is 0. The van der Waals surface area contributed by atoms with Crippen LogP contribution in [0.2, 0.25) is 5.02 Å². The summed E-state index contributed by atoms with van der Waals surface area (Å²) >= 11 is 6.88. The van der Waals surface area contributed by atoms with E-state index in [1.54, 1.807) is 6.07 Å². The molecule has 0 aliphatic carbocycles. The van der Waals surface area contributed by atoms with E-state index in [4.69, 9.17) is 16.7 Å². The Morgan fingerprint density at radius 3 is 2.93 bits per heavy atom. The van der Waals surface area contributed by atoms with Gasteiger partial charge in [-0.3, -0.25) is 4.79 Å². The predicted molar refractivity (Wildman–Crippen MR) is 100 cm³/mol. The van der Waals surface area contributed by atoms with Crippen LogP contribution < -0.4 is 5.32 Å². The minimum atomic E-state index is -1.02. The van der Waals surface area contributed by atoms with Gasteiger partial charge in [-0.05, 0) is 24.1 Å². The zero-order valence-corrected chi connectivity index (χ0v) is 15.4. The van der Waals surface area contributed by atoms with E-state index in [0.29, 0.717) is 23.5 Å². The number of thiophene rings is 1. The van der Waals surface area contributed by atoms with E-state index >= 15 is 0 Å². The number of anilines is 1. The summed E-state index contributed by atoms with van der Waals surface area (Å²) in [5, 5.41) is 21.5. The number of carboxylic acid groups (broad SMARTS) is 1. The highest BCUT2D eigenvalue weighted by molar-refractivity contribution is 7.16. The number of fused-ring (bicyclic) bond motifs is 1. The van der Waals surface area contributed by atoms with E-state index in [1.807, 2.05) is 0 Å². The van der Waals surface area contributed by atoms with E-state index in [2.05, 4.69) is 11.4 Å². The highest BCUT2D eigenvalue weighted by Crippen LogP contribution is 2.36. The van der Waals surface area contributed by atoms with Gasteiger partial charge in [0, 0.05) is 23.1 Å². The third-order valence-corrected chi connectivity index (χ3v) is 5.50. The van der Waals surface area contributed by atoms with Crippen LogP contribution in [0.3, 0.4) is 0 Å². The van der Waals surface area contributed by atoms with E-state index in [-0.39, 0.29) is 17.1 Å². The molecule has 0 atom stereocenters. The molecule has 0 unspecified atom stereocenters. The van der Waals surface area contributed by atoms with Gasteiger partial charge >= 0.3 is 6.09 Å². The summed E-state index contributed by atoms with van der Waals surface area (Å²) in [6.07, 6.45) is 1.84.